The Hall–Kier alpha value is -0.170. The quantitative estimate of drug-likeness (QED) is 0.615. The molecular formula is C14H31N3O2S. The molecule has 0 spiro atoms. The minimum atomic E-state index is -3.07. The zero-order chi connectivity index (χ0) is 15.0. The molecule has 120 valence electrons. The van der Waals surface area contributed by atoms with E-state index in [-0.39, 0.29) is 6.04 Å². The van der Waals surface area contributed by atoms with Gasteiger partial charge < -0.3 is 10.2 Å². The Labute approximate surface area is 124 Å². The van der Waals surface area contributed by atoms with Crippen LogP contribution in [-0.2, 0) is 10.0 Å². The second-order valence-electron chi connectivity index (χ2n) is 5.94. The fourth-order valence-electron chi connectivity index (χ4n) is 2.73. The van der Waals surface area contributed by atoms with Gasteiger partial charge in [0.1, 0.15) is 0 Å². The molecule has 0 aromatic heterocycles. The van der Waals surface area contributed by atoms with Crippen molar-refractivity contribution in [3.8, 4) is 0 Å². The van der Waals surface area contributed by atoms with Crippen LogP contribution >= 0.6 is 0 Å². The van der Waals surface area contributed by atoms with Crippen molar-refractivity contribution in [3.63, 3.8) is 0 Å². The van der Waals surface area contributed by atoms with Crippen LogP contribution in [0.5, 0.6) is 0 Å². The highest BCUT2D eigenvalue weighted by Gasteiger charge is 2.33. The monoisotopic (exact) mass is 305 g/mol. The highest BCUT2D eigenvalue weighted by Crippen LogP contribution is 2.22. The lowest BCUT2D eigenvalue weighted by Crippen LogP contribution is -2.42. The van der Waals surface area contributed by atoms with Gasteiger partial charge in [0, 0.05) is 19.1 Å². The standard InChI is InChI=1S/C14H31N3O2S/c1-4-9-15-10-5-6-12-20(18,19)17-11-7-8-14(17)13-16(2)3/h14-15H,4-13H2,1-3H3. The lowest BCUT2D eigenvalue weighted by Gasteiger charge is -2.26. The first kappa shape index (κ1) is 17.9. The van der Waals surface area contributed by atoms with Crippen molar-refractivity contribution in [1.29, 1.82) is 0 Å². The van der Waals surface area contributed by atoms with Gasteiger partial charge in [-0.2, -0.15) is 4.31 Å². The summed E-state index contributed by atoms with van der Waals surface area (Å²) in [6, 6.07) is 0.174. The van der Waals surface area contributed by atoms with Crippen molar-refractivity contribution < 1.29 is 8.42 Å². The van der Waals surface area contributed by atoms with Gasteiger partial charge in [0.25, 0.3) is 0 Å². The molecule has 0 bridgehead atoms. The number of nitrogens with zero attached hydrogens (tertiary/aromatic N) is 2. The molecule has 1 unspecified atom stereocenters. The molecule has 0 aromatic rings. The van der Waals surface area contributed by atoms with Crippen LogP contribution in [0.25, 0.3) is 0 Å². The molecule has 1 fully saturated rings. The smallest absolute Gasteiger partial charge is 0.214 e. The molecule has 1 aliphatic heterocycles. The van der Waals surface area contributed by atoms with Crippen LogP contribution in [0.3, 0.4) is 0 Å². The fourth-order valence-corrected chi connectivity index (χ4v) is 4.57. The summed E-state index contributed by atoms with van der Waals surface area (Å²) in [6.07, 6.45) is 4.80. The maximum absolute atomic E-state index is 12.4. The molecule has 0 amide bonds. The van der Waals surface area contributed by atoms with Gasteiger partial charge in [-0.25, -0.2) is 8.42 Å². The molecule has 1 N–H and O–H groups in total. The Morgan fingerprint density at radius 3 is 2.65 bits per heavy atom. The molecule has 1 aliphatic rings. The van der Waals surface area contributed by atoms with Gasteiger partial charge in [0.15, 0.2) is 0 Å². The van der Waals surface area contributed by atoms with E-state index in [4.69, 9.17) is 0 Å². The minimum absolute atomic E-state index is 0.174. The number of nitrogens with one attached hydrogen (secondary N) is 1. The van der Waals surface area contributed by atoms with Crippen molar-refractivity contribution in [3.05, 3.63) is 0 Å². The second-order valence-corrected chi connectivity index (χ2v) is 7.98. The van der Waals surface area contributed by atoms with Crippen molar-refractivity contribution in [2.45, 2.75) is 45.1 Å². The Morgan fingerprint density at radius 1 is 1.25 bits per heavy atom. The summed E-state index contributed by atoms with van der Waals surface area (Å²) >= 11 is 0. The topological polar surface area (TPSA) is 52.7 Å². The van der Waals surface area contributed by atoms with Gasteiger partial charge in [-0.3, -0.25) is 0 Å². The zero-order valence-electron chi connectivity index (χ0n) is 13.3. The SMILES string of the molecule is CCCNCCCCS(=O)(=O)N1CCCC1CN(C)C. The normalized spacial score (nSPS) is 20.9. The van der Waals surface area contributed by atoms with Crippen LogP contribution in [-0.4, -0.2) is 69.7 Å². The van der Waals surface area contributed by atoms with Crippen LogP contribution in [0.15, 0.2) is 0 Å². The molecule has 5 nitrogen and oxygen atoms in total. The average Bonchev–Trinajstić information content (AvgIpc) is 2.81. The Kier molecular flexibility index (Phi) is 8.02. The third kappa shape index (κ3) is 6.08. The largest absolute Gasteiger partial charge is 0.317 e. The second kappa shape index (κ2) is 8.97. The maximum Gasteiger partial charge on any atom is 0.214 e. The maximum atomic E-state index is 12.4. The number of unbranched alkanes of at least 4 members (excludes halogenated alkanes) is 1. The third-order valence-corrected chi connectivity index (χ3v) is 5.69. The molecule has 0 saturated carbocycles. The average molecular weight is 305 g/mol. The van der Waals surface area contributed by atoms with E-state index in [1.165, 1.54) is 0 Å². The summed E-state index contributed by atoms with van der Waals surface area (Å²) in [5, 5.41) is 3.31. The first-order valence-electron chi connectivity index (χ1n) is 7.82. The van der Waals surface area contributed by atoms with Crippen molar-refractivity contribution in [1.82, 2.24) is 14.5 Å². The van der Waals surface area contributed by atoms with E-state index >= 15 is 0 Å². The Morgan fingerprint density at radius 2 is 2.00 bits per heavy atom. The molecule has 1 atom stereocenters. The van der Waals surface area contributed by atoms with Crippen LogP contribution in [0.4, 0.5) is 0 Å². The van der Waals surface area contributed by atoms with Gasteiger partial charge in [-0.1, -0.05) is 6.92 Å². The minimum Gasteiger partial charge on any atom is -0.317 e. The molecule has 6 heteroatoms. The fraction of sp³-hybridized carbons (Fsp3) is 1.00. The molecule has 1 rings (SSSR count). The van der Waals surface area contributed by atoms with E-state index in [0.717, 1.165) is 51.7 Å². The van der Waals surface area contributed by atoms with Crippen LogP contribution < -0.4 is 5.32 Å². The van der Waals surface area contributed by atoms with Crippen LogP contribution in [0, 0.1) is 0 Å². The van der Waals surface area contributed by atoms with E-state index in [0.29, 0.717) is 12.3 Å². The van der Waals surface area contributed by atoms with E-state index in [1.807, 2.05) is 14.1 Å². The van der Waals surface area contributed by atoms with Gasteiger partial charge in [-0.05, 0) is 59.3 Å². The molecular weight excluding hydrogens is 274 g/mol. The predicted octanol–water partition coefficient (Wildman–Crippen LogP) is 1.12. The summed E-state index contributed by atoms with van der Waals surface area (Å²) in [6.45, 7) is 5.61. The van der Waals surface area contributed by atoms with Crippen LogP contribution in [0.2, 0.25) is 0 Å². The lowest BCUT2D eigenvalue weighted by atomic mass is 10.2. The summed E-state index contributed by atoms with van der Waals surface area (Å²) in [5.41, 5.74) is 0. The summed E-state index contributed by atoms with van der Waals surface area (Å²) in [5.74, 6) is 0.296. The number of likely N-dealkylation sites (N-methyl/N-ethyl adjacent to an activating group) is 1. The predicted molar refractivity (Wildman–Crippen MR) is 84.5 cm³/mol. The van der Waals surface area contributed by atoms with E-state index in [1.54, 1.807) is 4.31 Å². The van der Waals surface area contributed by atoms with Crippen molar-refractivity contribution in [2.24, 2.45) is 0 Å². The first-order valence-corrected chi connectivity index (χ1v) is 9.43. The van der Waals surface area contributed by atoms with E-state index < -0.39 is 10.0 Å². The van der Waals surface area contributed by atoms with Gasteiger partial charge >= 0.3 is 0 Å². The molecule has 0 radical (unpaired) electrons. The van der Waals surface area contributed by atoms with E-state index in [9.17, 15) is 8.42 Å². The Balaban J connectivity index is 2.35. The third-order valence-electron chi connectivity index (χ3n) is 3.69. The van der Waals surface area contributed by atoms with Gasteiger partial charge in [0.2, 0.25) is 10.0 Å². The number of rotatable bonds is 10. The number of hydrogen-bond donors (Lipinski definition) is 1. The molecule has 1 saturated heterocycles. The number of sulfonamides is 1. The molecule has 1 heterocycles. The molecule has 0 aromatic carbocycles. The molecule has 0 aliphatic carbocycles. The highest BCUT2D eigenvalue weighted by atomic mass is 32.2. The zero-order valence-corrected chi connectivity index (χ0v) is 14.1. The lowest BCUT2D eigenvalue weighted by molar-refractivity contribution is 0.291. The van der Waals surface area contributed by atoms with Crippen molar-refractivity contribution in [2.75, 3.05) is 46.0 Å². The number of hydrogen-bond acceptors (Lipinski definition) is 4. The summed E-state index contributed by atoms with van der Waals surface area (Å²) in [7, 11) is 0.936. The van der Waals surface area contributed by atoms with Gasteiger partial charge in [-0.15, -0.1) is 0 Å². The van der Waals surface area contributed by atoms with E-state index in [2.05, 4.69) is 17.1 Å². The highest BCUT2D eigenvalue weighted by molar-refractivity contribution is 7.89. The summed E-state index contributed by atoms with van der Waals surface area (Å²) < 4.78 is 26.5. The van der Waals surface area contributed by atoms with Crippen molar-refractivity contribution >= 4 is 10.0 Å². The Bertz CT molecular complexity index is 357. The van der Waals surface area contributed by atoms with Crippen LogP contribution in [0.1, 0.15) is 39.0 Å². The van der Waals surface area contributed by atoms with Gasteiger partial charge in [0.05, 0.1) is 5.75 Å². The first-order chi connectivity index (χ1) is 9.47. The summed E-state index contributed by atoms with van der Waals surface area (Å²) in [4.78, 5) is 2.08. The molecule has 20 heavy (non-hydrogen) atoms.